The van der Waals surface area contributed by atoms with Gasteiger partial charge in [0.15, 0.2) is 0 Å². The largest absolute Gasteiger partial charge is 0.394 e. The molecule has 62 heavy (non-hydrogen) atoms. The van der Waals surface area contributed by atoms with E-state index in [0.29, 0.717) is 12.8 Å². The number of hydrogen-bond acceptors (Lipinski definition) is 4. The molecule has 3 unspecified atom stereocenters. The van der Waals surface area contributed by atoms with Crippen molar-refractivity contribution in [2.75, 3.05) is 6.61 Å². The van der Waals surface area contributed by atoms with E-state index in [2.05, 4.69) is 43.5 Å². The number of amides is 1. The van der Waals surface area contributed by atoms with Gasteiger partial charge in [0.25, 0.3) is 0 Å². The van der Waals surface area contributed by atoms with Crippen molar-refractivity contribution in [2.45, 2.75) is 327 Å². The average molecular weight is 875 g/mol. The van der Waals surface area contributed by atoms with Crippen LogP contribution in [-0.2, 0) is 4.79 Å². The Morgan fingerprint density at radius 2 is 0.661 bits per heavy atom. The van der Waals surface area contributed by atoms with Crippen molar-refractivity contribution in [1.29, 1.82) is 0 Å². The molecule has 0 fully saturated rings. The van der Waals surface area contributed by atoms with Crippen molar-refractivity contribution in [3.8, 4) is 0 Å². The molecule has 0 aromatic heterocycles. The fourth-order valence-electron chi connectivity index (χ4n) is 8.93. The summed E-state index contributed by atoms with van der Waals surface area (Å²) >= 11 is 0. The molecule has 3 atom stereocenters. The van der Waals surface area contributed by atoms with E-state index in [1.54, 1.807) is 0 Å². The maximum absolute atomic E-state index is 12.6. The lowest BCUT2D eigenvalue weighted by Gasteiger charge is -2.23. The summed E-state index contributed by atoms with van der Waals surface area (Å²) in [7, 11) is 0. The fraction of sp³-hybridized carbons (Fsp3) is 0.912. The Hall–Kier alpha value is -1.17. The van der Waals surface area contributed by atoms with Gasteiger partial charge in [-0.15, -0.1) is 0 Å². The molecule has 4 N–H and O–H groups in total. The molecule has 0 saturated carbocycles. The Kier molecular flexibility index (Phi) is 51.5. The number of aliphatic hydroxyl groups is 3. The Morgan fingerprint density at radius 1 is 0.387 bits per heavy atom. The van der Waals surface area contributed by atoms with E-state index in [4.69, 9.17) is 0 Å². The predicted molar refractivity (Wildman–Crippen MR) is 273 cm³/mol. The minimum Gasteiger partial charge on any atom is -0.394 e. The van der Waals surface area contributed by atoms with Crippen LogP contribution in [0.5, 0.6) is 0 Å². The molecule has 0 spiro atoms. The van der Waals surface area contributed by atoms with Gasteiger partial charge >= 0.3 is 0 Å². The van der Waals surface area contributed by atoms with Crippen LogP contribution >= 0.6 is 0 Å². The molecular formula is C57H111NO4. The van der Waals surface area contributed by atoms with Crippen molar-refractivity contribution >= 4 is 5.91 Å². The first-order chi connectivity index (χ1) is 30.6. The van der Waals surface area contributed by atoms with Crippen molar-refractivity contribution in [3.05, 3.63) is 24.3 Å². The molecule has 0 saturated heterocycles. The second-order valence-corrected chi connectivity index (χ2v) is 19.5. The molecule has 0 bridgehead atoms. The summed E-state index contributed by atoms with van der Waals surface area (Å²) in [6.45, 7) is 4.26. The number of carbonyl (C=O) groups excluding carboxylic acids is 1. The molecule has 0 aliphatic rings. The normalized spacial score (nSPS) is 13.4. The van der Waals surface area contributed by atoms with Crippen molar-refractivity contribution in [1.82, 2.24) is 5.32 Å². The number of aliphatic hydroxyl groups excluding tert-OH is 3. The monoisotopic (exact) mass is 874 g/mol. The highest BCUT2D eigenvalue weighted by Crippen LogP contribution is 2.18. The van der Waals surface area contributed by atoms with E-state index in [1.807, 2.05) is 0 Å². The van der Waals surface area contributed by atoms with Gasteiger partial charge in [0, 0.05) is 0 Å². The molecule has 0 aromatic rings. The van der Waals surface area contributed by atoms with Crippen LogP contribution in [0.2, 0.25) is 0 Å². The number of hydrogen-bond donors (Lipinski definition) is 4. The van der Waals surface area contributed by atoms with Crippen LogP contribution in [0.25, 0.3) is 0 Å². The van der Waals surface area contributed by atoms with Crippen LogP contribution in [0.4, 0.5) is 0 Å². The number of unbranched alkanes of at least 4 members (excludes halogenated alkanes) is 40. The second kappa shape index (κ2) is 52.5. The molecule has 0 aromatic carbocycles. The van der Waals surface area contributed by atoms with Gasteiger partial charge in [-0.25, -0.2) is 0 Å². The highest BCUT2D eigenvalue weighted by Gasteiger charge is 2.23. The van der Waals surface area contributed by atoms with Gasteiger partial charge in [0.2, 0.25) is 5.91 Å². The van der Waals surface area contributed by atoms with Crippen LogP contribution in [0.1, 0.15) is 309 Å². The average Bonchev–Trinajstić information content (AvgIpc) is 3.28. The Morgan fingerprint density at radius 3 is 0.968 bits per heavy atom. The molecular weight excluding hydrogens is 763 g/mol. The molecule has 0 rings (SSSR count). The standard InChI is InChI=1S/C57H111NO4/c1-3-5-7-9-11-13-15-17-19-21-23-25-27-29-31-33-35-37-39-41-43-45-47-49-51-55(60)54(53-59)58-57(62)56(61)52-50-48-46-44-42-40-38-36-34-32-30-28-26-24-22-20-18-16-14-12-10-8-6-4-2/h24,26,30,32,54-56,59-61H,3-23,25,27-29,31,33-53H2,1-2H3,(H,58,62)/b26-24-,32-30-. The topological polar surface area (TPSA) is 89.8 Å². The summed E-state index contributed by atoms with van der Waals surface area (Å²) in [5.74, 6) is -0.471. The fourth-order valence-corrected chi connectivity index (χ4v) is 8.93. The smallest absolute Gasteiger partial charge is 0.249 e. The first-order valence-corrected chi connectivity index (χ1v) is 28.1. The lowest BCUT2D eigenvalue weighted by atomic mass is 10.0. The van der Waals surface area contributed by atoms with E-state index in [1.165, 1.54) is 244 Å². The third-order valence-corrected chi connectivity index (χ3v) is 13.3. The molecule has 368 valence electrons. The number of carbonyl (C=O) groups is 1. The van der Waals surface area contributed by atoms with Gasteiger partial charge in [-0.05, 0) is 44.9 Å². The molecule has 0 heterocycles. The third kappa shape index (κ3) is 46.8. The van der Waals surface area contributed by atoms with E-state index in [9.17, 15) is 20.1 Å². The molecule has 0 aliphatic carbocycles. The summed E-state index contributed by atoms with van der Waals surface area (Å²) in [5.41, 5.74) is 0. The van der Waals surface area contributed by atoms with Crippen LogP contribution in [0.3, 0.4) is 0 Å². The maximum atomic E-state index is 12.6. The predicted octanol–water partition coefficient (Wildman–Crippen LogP) is 17.3. The number of rotatable bonds is 52. The van der Waals surface area contributed by atoms with Crippen molar-refractivity contribution in [3.63, 3.8) is 0 Å². The highest BCUT2D eigenvalue weighted by atomic mass is 16.3. The molecule has 0 aliphatic heterocycles. The van der Waals surface area contributed by atoms with Crippen LogP contribution in [0.15, 0.2) is 24.3 Å². The molecule has 0 radical (unpaired) electrons. The van der Waals surface area contributed by atoms with E-state index < -0.39 is 24.2 Å². The van der Waals surface area contributed by atoms with Crippen LogP contribution in [-0.4, -0.2) is 46.1 Å². The summed E-state index contributed by atoms with van der Waals surface area (Å²) in [6, 6.07) is -0.715. The minimum atomic E-state index is -1.08. The zero-order valence-corrected chi connectivity index (χ0v) is 42.0. The van der Waals surface area contributed by atoms with Gasteiger partial charge in [-0.2, -0.15) is 0 Å². The zero-order chi connectivity index (χ0) is 45.1. The highest BCUT2D eigenvalue weighted by molar-refractivity contribution is 5.80. The quantitative estimate of drug-likeness (QED) is 0.0362. The van der Waals surface area contributed by atoms with E-state index in [-0.39, 0.29) is 6.61 Å². The lowest BCUT2D eigenvalue weighted by molar-refractivity contribution is -0.131. The van der Waals surface area contributed by atoms with E-state index >= 15 is 0 Å². The van der Waals surface area contributed by atoms with Crippen LogP contribution in [0, 0.1) is 0 Å². The first kappa shape index (κ1) is 60.8. The summed E-state index contributed by atoms with van der Waals surface area (Å²) in [5, 5.41) is 33.6. The van der Waals surface area contributed by atoms with Gasteiger partial charge in [0.1, 0.15) is 6.10 Å². The van der Waals surface area contributed by atoms with Gasteiger partial charge in [-0.3, -0.25) is 4.79 Å². The molecule has 1 amide bonds. The second-order valence-electron chi connectivity index (χ2n) is 19.5. The minimum absolute atomic E-state index is 0.313. The number of allylic oxidation sites excluding steroid dienone is 4. The van der Waals surface area contributed by atoms with Crippen molar-refractivity contribution in [2.24, 2.45) is 0 Å². The molecule has 5 nitrogen and oxygen atoms in total. The summed E-state index contributed by atoms with van der Waals surface area (Å²) < 4.78 is 0. The van der Waals surface area contributed by atoms with Gasteiger partial charge < -0.3 is 20.6 Å². The molecule has 5 heteroatoms. The summed E-state index contributed by atoms with van der Waals surface area (Å²) in [6.07, 6.45) is 66.5. The Bertz CT molecular complexity index is 920. The SMILES string of the molecule is CCCCCCCCCCC/C=C\C/C=C\CCCCCCCCCCC(O)C(=O)NC(CO)C(O)CCCCCCCCCCCCCCCCCCCCCCCCCC. The Labute approximate surface area is 388 Å². The van der Waals surface area contributed by atoms with Crippen LogP contribution < -0.4 is 5.32 Å². The summed E-state index contributed by atoms with van der Waals surface area (Å²) in [4.78, 5) is 12.6. The number of nitrogens with one attached hydrogen (secondary N) is 1. The zero-order valence-electron chi connectivity index (χ0n) is 42.0. The third-order valence-electron chi connectivity index (χ3n) is 13.3. The Balaban J connectivity index is 3.55. The van der Waals surface area contributed by atoms with Crippen molar-refractivity contribution < 1.29 is 20.1 Å². The first-order valence-electron chi connectivity index (χ1n) is 28.1. The van der Waals surface area contributed by atoms with E-state index in [0.717, 1.165) is 38.5 Å². The maximum Gasteiger partial charge on any atom is 0.249 e. The van der Waals surface area contributed by atoms with Gasteiger partial charge in [0.05, 0.1) is 18.8 Å². The lowest BCUT2D eigenvalue weighted by Crippen LogP contribution is -2.49. The van der Waals surface area contributed by atoms with Gasteiger partial charge in [-0.1, -0.05) is 289 Å².